The molecule has 0 spiro atoms. The van der Waals surface area contributed by atoms with Gasteiger partial charge < -0.3 is 9.88 Å². The normalized spacial score (nSPS) is 11.0. The molecule has 0 aliphatic heterocycles. The molecule has 1 aromatic carbocycles. The van der Waals surface area contributed by atoms with E-state index < -0.39 is 0 Å². The van der Waals surface area contributed by atoms with Gasteiger partial charge in [-0.2, -0.15) is 0 Å². The quantitative estimate of drug-likeness (QED) is 0.802. The number of benzene rings is 1. The second-order valence-electron chi connectivity index (χ2n) is 5.34. The molecule has 21 heavy (non-hydrogen) atoms. The molecule has 0 aliphatic carbocycles. The molecule has 0 bridgehead atoms. The molecule has 0 amide bonds. The Balaban J connectivity index is 1.83. The van der Waals surface area contributed by atoms with Crippen molar-refractivity contribution in [3.8, 4) is 0 Å². The Kier molecular flexibility index (Phi) is 3.33. The van der Waals surface area contributed by atoms with Crippen LogP contribution in [0.5, 0.6) is 0 Å². The lowest BCUT2D eigenvalue weighted by Crippen LogP contribution is -2.05. The van der Waals surface area contributed by atoms with Crippen molar-refractivity contribution in [2.45, 2.75) is 27.3 Å². The number of aryl methyl sites for hydroxylation is 4. The summed E-state index contributed by atoms with van der Waals surface area (Å²) < 4.78 is 2.10. The SMILES string of the molecule is Cc1cnc(C)c(NCc2ccc3c(c2)nc(C)n3C)n1. The fraction of sp³-hybridized carbons (Fsp3) is 0.312. The number of hydrogen-bond acceptors (Lipinski definition) is 4. The van der Waals surface area contributed by atoms with Crippen LogP contribution in [0.25, 0.3) is 11.0 Å². The predicted octanol–water partition coefficient (Wildman–Crippen LogP) is 2.90. The first kappa shape index (κ1) is 13.5. The van der Waals surface area contributed by atoms with Crippen molar-refractivity contribution in [1.29, 1.82) is 0 Å². The number of rotatable bonds is 3. The standard InChI is InChI=1S/C16H19N5/c1-10-8-17-11(2)16(19-10)18-9-13-5-6-15-14(7-13)20-12(3)21(15)4/h5-8H,9H2,1-4H3,(H,18,19). The molecule has 1 N–H and O–H groups in total. The van der Waals surface area contributed by atoms with Gasteiger partial charge in [0.1, 0.15) is 11.6 Å². The predicted molar refractivity (Wildman–Crippen MR) is 84.3 cm³/mol. The molecule has 3 aromatic rings. The molecule has 0 aliphatic rings. The summed E-state index contributed by atoms with van der Waals surface area (Å²) in [5, 5.41) is 3.35. The molecule has 2 heterocycles. The Morgan fingerprint density at radius 1 is 1.14 bits per heavy atom. The van der Waals surface area contributed by atoms with Gasteiger partial charge in [0.2, 0.25) is 0 Å². The third-order valence-corrected chi connectivity index (χ3v) is 3.70. The summed E-state index contributed by atoms with van der Waals surface area (Å²) >= 11 is 0. The minimum atomic E-state index is 0.713. The summed E-state index contributed by atoms with van der Waals surface area (Å²) in [7, 11) is 2.04. The van der Waals surface area contributed by atoms with Crippen LogP contribution in [0.2, 0.25) is 0 Å². The molecule has 0 saturated heterocycles. The zero-order chi connectivity index (χ0) is 15.0. The highest BCUT2D eigenvalue weighted by molar-refractivity contribution is 5.76. The average Bonchev–Trinajstić information content (AvgIpc) is 2.75. The van der Waals surface area contributed by atoms with Crippen molar-refractivity contribution < 1.29 is 0 Å². The highest BCUT2D eigenvalue weighted by Crippen LogP contribution is 2.17. The van der Waals surface area contributed by atoms with E-state index in [2.05, 4.69) is 43.0 Å². The Labute approximate surface area is 124 Å². The highest BCUT2D eigenvalue weighted by Gasteiger charge is 2.06. The minimum Gasteiger partial charge on any atom is -0.364 e. The van der Waals surface area contributed by atoms with E-state index in [1.165, 1.54) is 5.56 Å². The molecule has 0 radical (unpaired) electrons. The smallest absolute Gasteiger partial charge is 0.148 e. The number of anilines is 1. The fourth-order valence-corrected chi connectivity index (χ4v) is 2.37. The van der Waals surface area contributed by atoms with E-state index in [0.29, 0.717) is 6.54 Å². The van der Waals surface area contributed by atoms with E-state index in [1.54, 1.807) is 6.20 Å². The van der Waals surface area contributed by atoms with E-state index in [4.69, 9.17) is 0 Å². The third-order valence-electron chi connectivity index (χ3n) is 3.70. The summed E-state index contributed by atoms with van der Waals surface area (Å²) in [6, 6.07) is 6.35. The number of aromatic nitrogens is 4. The van der Waals surface area contributed by atoms with Crippen molar-refractivity contribution in [1.82, 2.24) is 19.5 Å². The van der Waals surface area contributed by atoms with Crippen LogP contribution in [0, 0.1) is 20.8 Å². The van der Waals surface area contributed by atoms with Crippen LogP contribution in [0.3, 0.4) is 0 Å². The van der Waals surface area contributed by atoms with Gasteiger partial charge in [0.15, 0.2) is 0 Å². The molecule has 5 nitrogen and oxygen atoms in total. The van der Waals surface area contributed by atoms with E-state index in [0.717, 1.165) is 34.1 Å². The van der Waals surface area contributed by atoms with Crippen LogP contribution in [-0.4, -0.2) is 19.5 Å². The summed E-state index contributed by atoms with van der Waals surface area (Å²) in [6.45, 7) is 6.63. The molecular formula is C16H19N5. The first-order chi connectivity index (χ1) is 10.0. The van der Waals surface area contributed by atoms with Crippen molar-refractivity contribution in [2.24, 2.45) is 7.05 Å². The Hall–Kier alpha value is -2.43. The van der Waals surface area contributed by atoms with Gasteiger partial charge in [-0.25, -0.2) is 9.97 Å². The number of nitrogens with zero attached hydrogens (tertiary/aromatic N) is 4. The zero-order valence-corrected chi connectivity index (χ0v) is 12.8. The van der Waals surface area contributed by atoms with Gasteiger partial charge in [0.25, 0.3) is 0 Å². The Bertz CT molecular complexity index is 804. The van der Waals surface area contributed by atoms with Gasteiger partial charge in [-0.15, -0.1) is 0 Å². The lowest BCUT2D eigenvalue weighted by atomic mass is 10.2. The first-order valence-corrected chi connectivity index (χ1v) is 7.00. The molecule has 2 aromatic heterocycles. The topological polar surface area (TPSA) is 55.6 Å². The zero-order valence-electron chi connectivity index (χ0n) is 12.8. The van der Waals surface area contributed by atoms with Crippen LogP contribution in [0.4, 0.5) is 5.82 Å². The van der Waals surface area contributed by atoms with E-state index in [9.17, 15) is 0 Å². The van der Waals surface area contributed by atoms with Crippen LogP contribution >= 0.6 is 0 Å². The van der Waals surface area contributed by atoms with Crippen LogP contribution < -0.4 is 5.32 Å². The maximum absolute atomic E-state index is 4.57. The molecule has 0 saturated carbocycles. The van der Waals surface area contributed by atoms with Crippen molar-refractivity contribution in [3.05, 3.63) is 47.2 Å². The Morgan fingerprint density at radius 2 is 1.95 bits per heavy atom. The summed E-state index contributed by atoms with van der Waals surface area (Å²) in [5.74, 6) is 1.86. The highest BCUT2D eigenvalue weighted by atomic mass is 15.1. The summed E-state index contributed by atoms with van der Waals surface area (Å²) in [6.07, 6.45) is 1.78. The second kappa shape index (κ2) is 5.16. The van der Waals surface area contributed by atoms with Gasteiger partial charge in [0, 0.05) is 19.8 Å². The van der Waals surface area contributed by atoms with Crippen molar-refractivity contribution >= 4 is 16.9 Å². The summed E-state index contributed by atoms with van der Waals surface area (Å²) in [4.78, 5) is 13.4. The summed E-state index contributed by atoms with van der Waals surface area (Å²) in [5.41, 5.74) is 5.20. The van der Waals surface area contributed by atoms with Crippen LogP contribution in [0.1, 0.15) is 22.8 Å². The van der Waals surface area contributed by atoms with Gasteiger partial charge >= 0.3 is 0 Å². The molecule has 0 atom stereocenters. The van der Waals surface area contributed by atoms with Gasteiger partial charge in [-0.05, 0) is 38.5 Å². The van der Waals surface area contributed by atoms with E-state index in [-0.39, 0.29) is 0 Å². The van der Waals surface area contributed by atoms with E-state index >= 15 is 0 Å². The number of nitrogens with one attached hydrogen (secondary N) is 1. The van der Waals surface area contributed by atoms with Crippen molar-refractivity contribution in [3.63, 3.8) is 0 Å². The van der Waals surface area contributed by atoms with Gasteiger partial charge in [0.05, 0.1) is 22.4 Å². The number of hydrogen-bond donors (Lipinski definition) is 1. The lowest BCUT2D eigenvalue weighted by Gasteiger charge is -2.08. The Morgan fingerprint density at radius 3 is 2.76 bits per heavy atom. The average molecular weight is 281 g/mol. The monoisotopic (exact) mass is 281 g/mol. The van der Waals surface area contributed by atoms with Crippen molar-refractivity contribution in [2.75, 3.05) is 5.32 Å². The molecular weight excluding hydrogens is 262 g/mol. The third kappa shape index (κ3) is 2.59. The van der Waals surface area contributed by atoms with Gasteiger partial charge in [-0.1, -0.05) is 6.07 Å². The molecule has 0 fully saturated rings. The number of imidazole rings is 1. The number of fused-ring (bicyclic) bond motifs is 1. The van der Waals surface area contributed by atoms with Gasteiger partial charge in [-0.3, -0.25) is 4.98 Å². The van der Waals surface area contributed by atoms with Crippen LogP contribution in [0.15, 0.2) is 24.4 Å². The van der Waals surface area contributed by atoms with Crippen LogP contribution in [-0.2, 0) is 13.6 Å². The second-order valence-corrected chi connectivity index (χ2v) is 5.34. The molecule has 5 heteroatoms. The minimum absolute atomic E-state index is 0.713. The maximum atomic E-state index is 4.57. The molecule has 108 valence electrons. The molecule has 0 unspecified atom stereocenters. The lowest BCUT2D eigenvalue weighted by molar-refractivity contribution is 0.886. The first-order valence-electron chi connectivity index (χ1n) is 7.00. The van der Waals surface area contributed by atoms with E-state index in [1.807, 2.05) is 27.8 Å². The fourth-order valence-electron chi connectivity index (χ4n) is 2.37. The maximum Gasteiger partial charge on any atom is 0.148 e. The largest absolute Gasteiger partial charge is 0.364 e. The molecule has 3 rings (SSSR count).